The molecule has 4 heteroatoms. The lowest BCUT2D eigenvalue weighted by atomic mass is 10.1. The van der Waals surface area contributed by atoms with E-state index in [4.69, 9.17) is 5.11 Å². The smallest absolute Gasteiger partial charge is 0.178 e. The summed E-state index contributed by atoms with van der Waals surface area (Å²) in [4.78, 5) is 0.372. The SMILES string of the molecule is Cc1cccc(S(=O)(=O)CC(C)CCO)c1. The van der Waals surface area contributed by atoms with Crippen molar-refractivity contribution in [3.63, 3.8) is 0 Å². The molecular formula is C12H18O3S. The van der Waals surface area contributed by atoms with Crippen LogP contribution in [-0.4, -0.2) is 25.9 Å². The highest BCUT2D eigenvalue weighted by atomic mass is 32.2. The maximum atomic E-state index is 12.0. The van der Waals surface area contributed by atoms with Gasteiger partial charge in [0.25, 0.3) is 0 Å². The van der Waals surface area contributed by atoms with Gasteiger partial charge in [-0.2, -0.15) is 0 Å². The van der Waals surface area contributed by atoms with Crippen LogP contribution in [0.4, 0.5) is 0 Å². The molecule has 1 N–H and O–H groups in total. The Kier molecular flexibility index (Phi) is 4.50. The topological polar surface area (TPSA) is 54.4 Å². The van der Waals surface area contributed by atoms with Gasteiger partial charge in [0.2, 0.25) is 0 Å². The fourth-order valence-electron chi connectivity index (χ4n) is 1.58. The Hall–Kier alpha value is -0.870. The van der Waals surface area contributed by atoms with Crippen molar-refractivity contribution in [1.29, 1.82) is 0 Å². The van der Waals surface area contributed by atoms with Crippen molar-refractivity contribution in [3.05, 3.63) is 29.8 Å². The molecule has 90 valence electrons. The Bertz CT molecular complexity index is 437. The summed E-state index contributed by atoms with van der Waals surface area (Å²) >= 11 is 0. The van der Waals surface area contributed by atoms with E-state index in [1.807, 2.05) is 19.9 Å². The zero-order valence-electron chi connectivity index (χ0n) is 9.68. The first kappa shape index (κ1) is 13.2. The monoisotopic (exact) mass is 242 g/mol. The lowest BCUT2D eigenvalue weighted by Crippen LogP contribution is -2.15. The Morgan fingerprint density at radius 3 is 2.62 bits per heavy atom. The number of benzene rings is 1. The van der Waals surface area contributed by atoms with Crippen molar-refractivity contribution in [1.82, 2.24) is 0 Å². The predicted molar refractivity (Wildman–Crippen MR) is 64.1 cm³/mol. The van der Waals surface area contributed by atoms with E-state index in [1.165, 1.54) is 0 Å². The summed E-state index contributed by atoms with van der Waals surface area (Å²) in [6.45, 7) is 3.74. The molecule has 0 aromatic heterocycles. The average molecular weight is 242 g/mol. The van der Waals surface area contributed by atoms with Crippen LogP contribution >= 0.6 is 0 Å². The fraction of sp³-hybridized carbons (Fsp3) is 0.500. The summed E-state index contributed by atoms with van der Waals surface area (Å²) in [6.07, 6.45) is 0.519. The molecule has 1 rings (SSSR count). The first-order valence-corrected chi connectivity index (χ1v) is 7.01. The molecule has 3 nitrogen and oxygen atoms in total. The van der Waals surface area contributed by atoms with E-state index in [9.17, 15) is 8.42 Å². The van der Waals surface area contributed by atoms with Crippen molar-refractivity contribution >= 4 is 9.84 Å². The van der Waals surface area contributed by atoms with Gasteiger partial charge in [-0.3, -0.25) is 0 Å². The second kappa shape index (κ2) is 5.46. The largest absolute Gasteiger partial charge is 0.396 e. The Labute approximate surface area is 97.0 Å². The summed E-state index contributed by atoms with van der Waals surface area (Å²) < 4.78 is 24.0. The molecule has 0 fully saturated rings. The summed E-state index contributed by atoms with van der Waals surface area (Å²) in [5, 5.41) is 8.75. The minimum atomic E-state index is -3.22. The van der Waals surface area contributed by atoms with E-state index in [0.717, 1.165) is 5.56 Å². The molecule has 1 unspecified atom stereocenters. The number of hydrogen-bond acceptors (Lipinski definition) is 3. The van der Waals surface area contributed by atoms with Gasteiger partial charge >= 0.3 is 0 Å². The normalized spacial score (nSPS) is 13.7. The van der Waals surface area contributed by atoms with Gasteiger partial charge in [-0.1, -0.05) is 19.1 Å². The third kappa shape index (κ3) is 3.61. The Balaban J connectivity index is 2.86. The minimum absolute atomic E-state index is 0.0180. The summed E-state index contributed by atoms with van der Waals surface area (Å²) in [6, 6.07) is 6.92. The second-order valence-electron chi connectivity index (χ2n) is 4.22. The lowest BCUT2D eigenvalue weighted by Gasteiger charge is -2.10. The Morgan fingerprint density at radius 2 is 2.06 bits per heavy atom. The van der Waals surface area contributed by atoms with Gasteiger partial charge in [-0.25, -0.2) is 8.42 Å². The number of hydrogen-bond donors (Lipinski definition) is 1. The van der Waals surface area contributed by atoms with E-state index in [-0.39, 0.29) is 18.3 Å². The molecule has 0 aliphatic heterocycles. The van der Waals surface area contributed by atoms with E-state index >= 15 is 0 Å². The maximum absolute atomic E-state index is 12.0. The van der Waals surface area contributed by atoms with Gasteiger partial charge in [0.1, 0.15) is 0 Å². The number of sulfone groups is 1. The Morgan fingerprint density at radius 1 is 1.38 bits per heavy atom. The van der Waals surface area contributed by atoms with Gasteiger partial charge in [0.05, 0.1) is 10.6 Å². The van der Waals surface area contributed by atoms with Gasteiger partial charge in [0, 0.05) is 6.61 Å². The van der Waals surface area contributed by atoms with Crippen molar-refractivity contribution in [3.8, 4) is 0 Å². The van der Waals surface area contributed by atoms with Crippen molar-refractivity contribution in [2.24, 2.45) is 5.92 Å². The lowest BCUT2D eigenvalue weighted by molar-refractivity contribution is 0.268. The van der Waals surface area contributed by atoms with Crippen LogP contribution < -0.4 is 0 Å². The summed E-state index contributed by atoms with van der Waals surface area (Å²) in [7, 11) is -3.22. The molecular weight excluding hydrogens is 224 g/mol. The molecule has 0 radical (unpaired) electrons. The predicted octanol–water partition coefficient (Wildman–Crippen LogP) is 1.79. The van der Waals surface area contributed by atoms with E-state index in [0.29, 0.717) is 11.3 Å². The van der Waals surface area contributed by atoms with Crippen LogP contribution in [0.25, 0.3) is 0 Å². The van der Waals surface area contributed by atoms with Crippen molar-refractivity contribution < 1.29 is 13.5 Å². The van der Waals surface area contributed by atoms with Crippen LogP contribution in [0, 0.1) is 12.8 Å². The molecule has 0 heterocycles. The molecule has 1 atom stereocenters. The van der Waals surface area contributed by atoms with Gasteiger partial charge in [-0.05, 0) is 37.0 Å². The van der Waals surface area contributed by atoms with Crippen LogP contribution in [-0.2, 0) is 9.84 Å². The van der Waals surface area contributed by atoms with Crippen LogP contribution in [0.1, 0.15) is 18.9 Å². The van der Waals surface area contributed by atoms with Crippen LogP contribution in [0.2, 0.25) is 0 Å². The quantitative estimate of drug-likeness (QED) is 0.856. The maximum Gasteiger partial charge on any atom is 0.178 e. The number of aliphatic hydroxyl groups excluding tert-OH is 1. The van der Waals surface area contributed by atoms with Crippen molar-refractivity contribution in [2.45, 2.75) is 25.2 Å². The fourth-order valence-corrected chi connectivity index (χ4v) is 3.34. The second-order valence-corrected chi connectivity index (χ2v) is 6.25. The van der Waals surface area contributed by atoms with E-state index in [1.54, 1.807) is 18.2 Å². The molecule has 0 aliphatic carbocycles. The van der Waals surface area contributed by atoms with E-state index in [2.05, 4.69) is 0 Å². The first-order valence-electron chi connectivity index (χ1n) is 5.36. The third-order valence-electron chi connectivity index (χ3n) is 2.47. The highest BCUT2D eigenvalue weighted by Crippen LogP contribution is 2.16. The van der Waals surface area contributed by atoms with Gasteiger partial charge in [-0.15, -0.1) is 0 Å². The van der Waals surface area contributed by atoms with Gasteiger partial charge < -0.3 is 5.11 Å². The summed E-state index contributed by atoms with van der Waals surface area (Å²) in [5.74, 6) is 0.0762. The average Bonchev–Trinajstić information content (AvgIpc) is 2.17. The molecule has 0 saturated heterocycles. The van der Waals surface area contributed by atoms with E-state index < -0.39 is 9.84 Å². The number of aryl methyl sites for hydroxylation is 1. The molecule has 0 spiro atoms. The highest BCUT2D eigenvalue weighted by molar-refractivity contribution is 7.91. The molecule has 1 aromatic carbocycles. The highest BCUT2D eigenvalue weighted by Gasteiger charge is 2.18. The standard InChI is InChI=1S/C12H18O3S/c1-10-4-3-5-12(8-10)16(14,15)9-11(2)6-7-13/h3-5,8,11,13H,6-7,9H2,1-2H3. The third-order valence-corrected chi connectivity index (χ3v) is 4.45. The number of aliphatic hydroxyl groups is 1. The van der Waals surface area contributed by atoms with Crippen LogP contribution in [0.3, 0.4) is 0 Å². The molecule has 0 saturated carbocycles. The molecule has 16 heavy (non-hydrogen) atoms. The van der Waals surface area contributed by atoms with Gasteiger partial charge in [0.15, 0.2) is 9.84 Å². The first-order chi connectivity index (χ1) is 7.45. The molecule has 1 aromatic rings. The van der Waals surface area contributed by atoms with Crippen LogP contribution in [0.5, 0.6) is 0 Å². The number of rotatable bonds is 5. The summed E-state index contributed by atoms with van der Waals surface area (Å²) in [5.41, 5.74) is 0.941. The molecule has 0 bridgehead atoms. The van der Waals surface area contributed by atoms with Crippen molar-refractivity contribution in [2.75, 3.05) is 12.4 Å². The zero-order valence-corrected chi connectivity index (χ0v) is 10.5. The van der Waals surface area contributed by atoms with Crippen LogP contribution in [0.15, 0.2) is 29.2 Å². The molecule has 0 amide bonds. The minimum Gasteiger partial charge on any atom is -0.396 e. The zero-order chi connectivity index (χ0) is 12.2. The molecule has 0 aliphatic rings.